The van der Waals surface area contributed by atoms with Gasteiger partial charge in [0.15, 0.2) is 0 Å². The molecule has 44 heavy (non-hydrogen) atoms. The predicted octanol–water partition coefficient (Wildman–Crippen LogP) is 11.0. The van der Waals surface area contributed by atoms with Crippen molar-refractivity contribution in [1.82, 2.24) is 4.98 Å². The summed E-state index contributed by atoms with van der Waals surface area (Å²) in [5.41, 5.74) is 3.49. The third-order valence-electron chi connectivity index (χ3n) is 8.25. The van der Waals surface area contributed by atoms with Crippen LogP contribution in [0.1, 0.15) is 127 Å². The highest BCUT2D eigenvalue weighted by Crippen LogP contribution is 2.25. The van der Waals surface area contributed by atoms with Gasteiger partial charge in [-0.25, -0.2) is 4.79 Å². The number of ether oxygens (including phenoxy) is 3. The van der Waals surface area contributed by atoms with Crippen molar-refractivity contribution >= 4 is 5.97 Å². The first-order valence-electron chi connectivity index (χ1n) is 17.2. The van der Waals surface area contributed by atoms with Crippen LogP contribution < -0.4 is 9.47 Å². The SMILES string of the molecule is CCCCCCCCCCCCOc1ccc(-c2ccc(OCc3ccc(C(=O)OCC(CC)CCCC)cn3)cc2)cc1. The Morgan fingerprint density at radius 1 is 0.659 bits per heavy atom. The van der Waals surface area contributed by atoms with Crippen LogP contribution in [0.25, 0.3) is 11.1 Å². The van der Waals surface area contributed by atoms with Crippen LogP contribution in [-0.4, -0.2) is 24.2 Å². The third kappa shape index (κ3) is 13.5. The van der Waals surface area contributed by atoms with Crippen LogP contribution >= 0.6 is 0 Å². The van der Waals surface area contributed by atoms with E-state index in [1.54, 1.807) is 12.3 Å². The van der Waals surface area contributed by atoms with E-state index < -0.39 is 0 Å². The highest BCUT2D eigenvalue weighted by molar-refractivity contribution is 5.88. The molecular formula is C39H55NO4. The van der Waals surface area contributed by atoms with Crippen LogP contribution in [0.2, 0.25) is 0 Å². The maximum atomic E-state index is 12.4. The number of nitrogens with zero attached hydrogens (tertiary/aromatic N) is 1. The minimum absolute atomic E-state index is 0.316. The first-order valence-corrected chi connectivity index (χ1v) is 17.2. The molecule has 5 heteroatoms. The fourth-order valence-electron chi connectivity index (χ4n) is 5.23. The van der Waals surface area contributed by atoms with Gasteiger partial charge >= 0.3 is 5.97 Å². The molecule has 2 aromatic carbocycles. The summed E-state index contributed by atoms with van der Waals surface area (Å²) in [4.78, 5) is 16.8. The smallest absolute Gasteiger partial charge is 0.339 e. The number of pyridine rings is 1. The van der Waals surface area contributed by atoms with Gasteiger partial charge in [0.25, 0.3) is 0 Å². The molecule has 0 fully saturated rings. The fourth-order valence-corrected chi connectivity index (χ4v) is 5.23. The molecule has 0 bridgehead atoms. The minimum atomic E-state index is -0.316. The highest BCUT2D eigenvalue weighted by atomic mass is 16.5. The van der Waals surface area contributed by atoms with Gasteiger partial charge in [0.05, 0.1) is 24.5 Å². The number of aromatic nitrogens is 1. The summed E-state index contributed by atoms with van der Waals surface area (Å²) >= 11 is 0. The molecule has 0 radical (unpaired) electrons. The average Bonchev–Trinajstić information content (AvgIpc) is 3.07. The first-order chi connectivity index (χ1) is 21.6. The van der Waals surface area contributed by atoms with E-state index in [1.807, 2.05) is 18.2 Å². The lowest BCUT2D eigenvalue weighted by Gasteiger charge is -2.14. The standard InChI is InChI=1S/C39H55NO4/c1-4-7-9-10-11-12-13-14-15-16-28-42-37-24-19-33(20-25-37)34-21-26-38(27-22-34)43-31-36-23-18-35(29-40-36)39(41)44-30-32(6-3)17-8-5-2/h18-27,29,32H,4-17,28,30-31H2,1-3H3. The van der Waals surface area contributed by atoms with Gasteiger partial charge in [0.2, 0.25) is 0 Å². The number of hydrogen-bond acceptors (Lipinski definition) is 5. The van der Waals surface area contributed by atoms with Gasteiger partial charge in [0.1, 0.15) is 18.1 Å². The van der Waals surface area contributed by atoms with Crippen molar-refractivity contribution in [1.29, 1.82) is 0 Å². The van der Waals surface area contributed by atoms with Gasteiger partial charge in [-0.05, 0) is 66.3 Å². The number of esters is 1. The molecule has 0 aliphatic rings. The molecule has 1 aromatic heterocycles. The number of carbonyl (C=O) groups excluding carboxylic acids is 1. The second kappa shape index (κ2) is 21.4. The lowest BCUT2D eigenvalue weighted by atomic mass is 10.0. The summed E-state index contributed by atoms with van der Waals surface area (Å²) < 4.78 is 17.4. The van der Waals surface area contributed by atoms with Gasteiger partial charge < -0.3 is 14.2 Å². The zero-order valence-electron chi connectivity index (χ0n) is 27.5. The minimum Gasteiger partial charge on any atom is -0.494 e. The zero-order valence-corrected chi connectivity index (χ0v) is 27.5. The Kier molecular flexibility index (Phi) is 17.1. The van der Waals surface area contributed by atoms with E-state index in [2.05, 4.69) is 62.2 Å². The summed E-state index contributed by atoms with van der Waals surface area (Å²) in [6.07, 6.45) is 19.3. The van der Waals surface area contributed by atoms with Gasteiger partial charge in [0, 0.05) is 6.20 Å². The van der Waals surface area contributed by atoms with Gasteiger partial charge in [-0.2, -0.15) is 0 Å². The number of unbranched alkanes of at least 4 members (excludes halogenated alkanes) is 10. The molecular weight excluding hydrogens is 546 g/mol. The Balaban J connectivity index is 1.33. The molecule has 0 aliphatic carbocycles. The number of carbonyl (C=O) groups is 1. The van der Waals surface area contributed by atoms with Crippen LogP contribution in [0.4, 0.5) is 0 Å². The molecule has 1 unspecified atom stereocenters. The maximum Gasteiger partial charge on any atom is 0.339 e. The fraction of sp³-hybridized carbons (Fsp3) is 0.538. The molecule has 3 rings (SSSR count). The molecule has 1 atom stereocenters. The Bertz CT molecular complexity index is 1160. The van der Waals surface area contributed by atoms with Crippen molar-refractivity contribution in [2.75, 3.05) is 13.2 Å². The van der Waals surface area contributed by atoms with E-state index >= 15 is 0 Å². The quantitative estimate of drug-likeness (QED) is 0.0799. The Labute approximate surface area is 266 Å². The van der Waals surface area contributed by atoms with E-state index in [1.165, 1.54) is 57.8 Å². The summed E-state index contributed by atoms with van der Waals surface area (Å²) in [6.45, 7) is 8.17. The van der Waals surface area contributed by atoms with Crippen LogP contribution in [0, 0.1) is 5.92 Å². The highest BCUT2D eigenvalue weighted by Gasteiger charge is 2.12. The molecule has 0 saturated heterocycles. The Morgan fingerprint density at radius 2 is 1.23 bits per heavy atom. The van der Waals surface area contributed by atoms with Crippen LogP contribution in [0.3, 0.4) is 0 Å². The molecule has 5 nitrogen and oxygen atoms in total. The van der Waals surface area contributed by atoms with Crippen molar-refractivity contribution in [2.24, 2.45) is 5.92 Å². The number of rotatable bonds is 23. The Morgan fingerprint density at radius 3 is 1.77 bits per heavy atom. The second-order valence-electron chi connectivity index (χ2n) is 11.9. The number of benzene rings is 2. The maximum absolute atomic E-state index is 12.4. The topological polar surface area (TPSA) is 57.7 Å². The monoisotopic (exact) mass is 601 g/mol. The zero-order chi connectivity index (χ0) is 31.2. The predicted molar refractivity (Wildman–Crippen MR) is 181 cm³/mol. The normalized spacial score (nSPS) is 11.7. The van der Waals surface area contributed by atoms with E-state index in [0.29, 0.717) is 24.7 Å². The second-order valence-corrected chi connectivity index (χ2v) is 11.9. The van der Waals surface area contributed by atoms with Crippen LogP contribution in [0.15, 0.2) is 66.9 Å². The molecule has 1 heterocycles. The van der Waals surface area contributed by atoms with Crippen molar-refractivity contribution in [3.8, 4) is 22.6 Å². The summed E-state index contributed by atoms with van der Waals surface area (Å²) in [7, 11) is 0. The lowest BCUT2D eigenvalue weighted by Crippen LogP contribution is -2.14. The lowest BCUT2D eigenvalue weighted by molar-refractivity contribution is 0.0427. The van der Waals surface area contributed by atoms with Crippen molar-refractivity contribution < 1.29 is 19.0 Å². The van der Waals surface area contributed by atoms with Gasteiger partial charge in [-0.1, -0.05) is 122 Å². The molecule has 0 spiro atoms. The van der Waals surface area contributed by atoms with E-state index in [9.17, 15) is 4.79 Å². The van der Waals surface area contributed by atoms with Gasteiger partial charge in [-0.3, -0.25) is 4.98 Å². The van der Waals surface area contributed by atoms with Gasteiger partial charge in [-0.15, -0.1) is 0 Å². The van der Waals surface area contributed by atoms with Crippen LogP contribution in [0.5, 0.6) is 11.5 Å². The molecule has 0 N–H and O–H groups in total. The molecule has 0 aliphatic heterocycles. The van der Waals surface area contributed by atoms with E-state index in [-0.39, 0.29) is 5.97 Å². The van der Waals surface area contributed by atoms with Crippen LogP contribution in [-0.2, 0) is 11.3 Å². The van der Waals surface area contributed by atoms with Crippen molar-refractivity contribution in [2.45, 2.75) is 117 Å². The van der Waals surface area contributed by atoms with Crippen molar-refractivity contribution in [3.63, 3.8) is 0 Å². The Hall–Kier alpha value is -3.34. The van der Waals surface area contributed by atoms with E-state index in [4.69, 9.17) is 14.2 Å². The van der Waals surface area contributed by atoms with Crippen molar-refractivity contribution in [3.05, 3.63) is 78.1 Å². The summed E-state index contributed by atoms with van der Waals surface area (Å²) in [5, 5.41) is 0. The largest absolute Gasteiger partial charge is 0.494 e. The molecule has 240 valence electrons. The van der Waals surface area contributed by atoms with E-state index in [0.717, 1.165) is 67.0 Å². The summed E-state index contributed by atoms with van der Waals surface area (Å²) in [6, 6.07) is 20.0. The third-order valence-corrected chi connectivity index (χ3v) is 8.25. The first kappa shape index (κ1) is 35.1. The molecule has 3 aromatic rings. The average molecular weight is 602 g/mol. The summed E-state index contributed by atoms with van der Waals surface area (Å²) in [5.74, 6) is 1.80. The molecule has 0 amide bonds. The number of hydrogen-bond donors (Lipinski definition) is 0. The molecule has 0 saturated carbocycles.